The predicted molar refractivity (Wildman–Crippen MR) is 84.5 cm³/mol. The van der Waals surface area contributed by atoms with E-state index in [2.05, 4.69) is 11.1 Å². The highest BCUT2D eigenvalue weighted by molar-refractivity contribution is 5.86. The molecule has 0 aliphatic rings. The number of aromatic nitrogens is 2. The van der Waals surface area contributed by atoms with Crippen LogP contribution < -0.4 is 10.6 Å². The Kier molecular flexibility index (Phi) is 2.99. The maximum Gasteiger partial charge on any atom is 0.205 e. The summed E-state index contributed by atoms with van der Waals surface area (Å²) in [6.45, 7) is 0. The molecule has 104 valence electrons. The number of benzene rings is 2. The molecule has 1 aromatic heterocycles. The van der Waals surface area contributed by atoms with Gasteiger partial charge in [0.05, 0.1) is 16.8 Å². The molecule has 1 heterocycles. The number of fused-ring (bicyclic) bond motifs is 1. The first-order valence-corrected chi connectivity index (χ1v) is 6.56. The Morgan fingerprint density at radius 1 is 1.19 bits per heavy atom. The van der Waals surface area contributed by atoms with Gasteiger partial charge in [-0.05, 0) is 30.3 Å². The van der Waals surface area contributed by atoms with E-state index in [0.29, 0.717) is 17.0 Å². The van der Waals surface area contributed by atoms with Gasteiger partial charge in [-0.25, -0.2) is 4.98 Å². The fraction of sp³-hybridized carbons (Fsp3) is 0.125. The minimum atomic E-state index is 0.378. The molecule has 0 unspecified atom stereocenters. The molecular formula is C16H15N5. The Labute approximate surface area is 122 Å². The van der Waals surface area contributed by atoms with Crippen LogP contribution in [0.5, 0.6) is 0 Å². The second kappa shape index (κ2) is 4.84. The Bertz CT molecular complexity index is 855. The van der Waals surface area contributed by atoms with Crippen LogP contribution in [0.4, 0.5) is 11.6 Å². The van der Waals surface area contributed by atoms with E-state index >= 15 is 0 Å². The minimum absolute atomic E-state index is 0.378. The van der Waals surface area contributed by atoms with Gasteiger partial charge >= 0.3 is 0 Å². The van der Waals surface area contributed by atoms with Crippen molar-refractivity contribution in [3.8, 4) is 11.8 Å². The number of nitrogen functional groups attached to an aromatic ring is 1. The van der Waals surface area contributed by atoms with Crippen molar-refractivity contribution in [1.82, 2.24) is 9.55 Å². The normalized spacial score (nSPS) is 10.5. The number of para-hydroxylation sites is 1. The summed E-state index contributed by atoms with van der Waals surface area (Å²) in [7, 11) is 3.98. The van der Waals surface area contributed by atoms with Crippen LogP contribution in [0.15, 0.2) is 42.5 Å². The lowest BCUT2D eigenvalue weighted by molar-refractivity contribution is 1.09. The average Bonchev–Trinajstić information content (AvgIpc) is 2.83. The number of hydrogen-bond acceptors (Lipinski definition) is 4. The van der Waals surface area contributed by atoms with Crippen molar-refractivity contribution in [3.05, 3.63) is 48.0 Å². The van der Waals surface area contributed by atoms with Crippen molar-refractivity contribution in [1.29, 1.82) is 5.26 Å². The summed E-state index contributed by atoms with van der Waals surface area (Å²) in [6.07, 6.45) is 0. The minimum Gasteiger partial charge on any atom is -0.378 e. The summed E-state index contributed by atoms with van der Waals surface area (Å²) in [5.41, 5.74) is 10.1. The molecule has 5 nitrogen and oxygen atoms in total. The number of rotatable bonds is 2. The van der Waals surface area contributed by atoms with Crippen LogP contribution in [0.25, 0.3) is 16.7 Å². The Morgan fingerprint density at radius 2 is 1.95 bits per heavy atom. The van der Waals surface area contributed by atoms with Gasteiger partial charge in [0, 0.05) is 19.8 Å². The van der Waals surface area contributed by atoms with E-state index in [9.17, 15) is 5.26 Å². The Balaban J connectivity index is 2.28. The van der Waals surface area contributed by atoms with E-state index in [0.717, 1.165) is 16.9 Å². The van der Waals surface area contributed by atoms with Crippen LogP contribution in [0.3, 0.4) is 0 Å². The van der Waals surface area contributed by atoms with Gasteiger partial charge in [0.2, 0.25) is 5.95 Å². The fourth-order valence-corrected chi connectivity index (χ4v) is 2.39. The van der Waals surface area contributed by atoms with E-state index in [1.54, 1.807) is 6.07 Å². The largest absolute Gasteiger partial charge is 0.378 e. The fourth-order valence-electron chi connectivity index (χ4n) is 2.39. The molecule has 0 aliphatic carbocycles. The third kappa shape index (κ3) is 2.07. The second-order valence-corrected chi connectivity index (χ2v) is 5.00. The summed E-state index contributed by atoms with van der Waals surface area (Å²) in [5.74, 6) is 0.378. The quantitative estimate of drug-likeness (QED) is 0.781. The molecule has 0 fully saturated rings. The molecule has 3 aromatic rings. The highest BCUT2D eigenvalue weighted by Crippen LogP contribution is 2.27. The molecule has 3 rings (SSSR count). The third-order valence-electron chi connectivity index (χ3n) is 3.44. The first-order valence-electron chi connectivity index (χ1n) is 6.56. The van der Waals surface area contributed by atoms with Crippen LogP contribution in [0.2, 0.25) is 0 Å². The van der Waals surface area contributed by atoms with Crippen LogP contribution in [0.1, 0.15) is 5.56 Å². The molecule has 2 N–H and O–H groups in total. The maximum atomic E-state index is 9.18. The molecule has 0 radical (unpaired) electrons. The Hall–Kier alpha value is -3.00. The summed E-state index contributed by atoms with van der Waals surface area (Å²) in [6, 6.07) is 15.7. The van der Waals surface area contributed by atoms with Crippen LogP contribution >= 0.6 is 0 Å². The number of nitriles is 1. The van der Waals surface area contributed by atoms with E-state index in [1.807, 2.05) is 60.0 Å². The predicted octanol–water partition coefficient (Wildman–Crippen LogP) is 2.55. The molecule has 0 saturated carbocycles. The molecular weight excluding hydrogens is 262 g/mol. The van der Waals surface area contributed by atoms with Crippen molar-refractivity contribution < 1.29 is 0 Å². The van der Waals surface area contributed by atoms with E-state index in [1.165, 1.54) is 0 Å². The van der Waals surface area contributed by atoms with Crippen molar-refractivity contribution in [2.45, 2.75) is 0 Å². The van der Waals surface area contributed by atoms with Gasteiger partial charge in [-0.3, -0.25) is 4.57 Å². The van der Waals surface area contributed by atoms with Gasteiger partial charge in [0.25, 0.3) is 0 Å². The summed E-state index contributed by atoms with van der Waals surface area (Å²) in [4.78, 5) is 6.37. The molecule has 0 spiro atoms. The van der Waals surface area contributed by atoms with E-state index in [-0.39, 0.29) is 0 Å². The molecule has 21 heavy (non-hydrogen) atoms. The van der Waals surface area contributed by atoms with Gasteiger partial charge in [0.1, 0.15) is 11.6 Å². The number of imidazole rings is 1. The monoisotopic (exact) mass is 277 g/mol. The second-order valence-electron chi connectivity index (χ2n) is 5.00. The van der Waals surface area contributed by atoms with Gasteiger partial charge < -0.3 is 10.6 Å². The molecule has 0 atom stereocenters. The first kappa shape index (κ1) is 13.0. The highest BCUT2D eigenvalue weighted by Gasteiger charge is 2.13. The van der Waals surface area contributed by atoms with Gasteiger partial charge in [-0.1, -0.05) is 12.1 Å². The zero-order valence-electron chi connectivity index (χ0n) is 11.9. The van der Waals surface area contributed by atoms with Crippen LogP contribution in [-0.2, 0) is 0 Å². The lowest BCUT2D eigenvalue weighted by atomic mass is 10.2. The molecule has 0 saturated heterocycles. The zero-order chi connectivity index (χ0) is 15.0. The lowest BCUT2D eigenvalue weighted by Crippen LogP contribution is -2.09. The topological polar surface area (TPSA) is 70.9 Å². The van der Waals surface area contributed by atoms with Crippen molar-refractivity contribution >= 4 is 22.7 Å². The maximum absolute atomic E-state index is 9.18. The summed E-state index contributed by atoms with van der Waals surface area (Å²) in [5, 5.41) is 9.18. The zero-order valence-corrected chi connectivity index (χ0v) is 11.9. The first-order chi connectivity index (χ1) is 10.1. The average molecular weight is 277 g/mol. The third-order valence-corrected chi connectivity index (χ3v) is 3.44. The number of nitrogens with two attached hydrogens (primary N) is 1. The molecule has 0 bridgehead atoms. The van der Waals surface area contributed by atoms with Crippen molar-refractivity contribution in [3.63, 3.8) is 0 Å². The number of anilines is 2. The van der Waals surface area contributed by atoms with Gasteiger partial charge in [0.15, 0.2) is 0 Å². The van der Waals surface area contributed by atoms with Gasteiger partial charge in [-0.15, -0.1) is 0 Å². The van der Waals surface area contributed by atoms with E-state index in [4.69, 9.17) is 5.73 Å². The molecule has 5 heteroatoms. The Morgan fingerprint density at radius 3 is 2.67 bits per heavy atom. The summed E-state index contributed by atoms with van der Waals surface area (Å²) < 4.78 is 1.86. The SMILES string of the molecule is CN(C)c1cccc(-n2c(N)nc3c(C#N)cccc32)c1. The summed E-state index contributed by atoms with van der Waals surface area (Å²) >= 11 is 0. The van der Waals surface area contributed by atoms with Gasteiger partial charge in [-0.2, -0.15) is 5.26 Å². The number of nitrogens with zero attached hydrogens (tertiary/aromatic N) is 4. The molecule has 0 amide bonds. The van der Waals surface area contributed by atoms with Crippen LogP contribution in [0, 0.1) is 11.3 Å². The van der Waals surface area contributed by atoms with Crippen molar-refractivity contribution in [2.75, 3.05) is 24.7 Å². The van der Waals surface area contributed by atoms with E-state index < -0.39 is 0 Å². The number of hydrogen-bond donors (Lipinski definition) is 1. The lowest BCUT2D eigenvalue weighted by Gasteiger charge is -2.14. The highest BCUT2D eigenvalue weighted by atomic mass is 15.2. The molecule has 0 aliphatic heterocycles. The van der Waals surface area contributed by atoms with Crippen LogP contribution in [-0.4, -0.2) is 23.6 Å². The smallest absolute Gasteiger partial charge is 0.205 e. The van der Waals surface area contributed by atoms with Crippen molar-refractivity contribution in [2.24, 2.45) is 0 Å². The standard InChI is InChI=1S/C16H15N5/c1-20(2)12-6-4-7-13(9-12)21-14-8-3-5-11(10-17)15(14)19-16(21)18/h3-9H,1-2H3,(H2,18,19). The molecule has 2 aromatic carbocycles.